The Morgan fingerprint density at radius 2 is 1.70 bits per heavy atom. The molecule has 0 bridgehead atoms. The number of hydrogen-bond acceptors (Lipinski definition) is 1. The van der Waals surface area contributed by atoms with Crippen LogP contribution in [0.3, 0.4) is 0 Å². The topological polar surface area (TPSA) is 17.8 Å². The predicted octanol–water partition coefficient (Wildman–Crippen LogP) is 4.98. The Morgan fingerprint density at radius 3 is 2.35 bits per heavy atom. The van der Waals surface area contributed by atoms with E-state index >= 15 is 0 Å². The summed E-state index contributed by atoms with van der Waals surface area (Å²) in [5.41, 5.74) is 3.48. The quantitative estimate of drug-likeness (QED) is 0.616. The third kappa shape index (κ3) is 2.20. The average Bonchev–Trinajstić information content (AvgIpc) is 2.83. The van der Waals surface area contributed by atoms with Crippen LogP contribution in [-0.2, 0) is 5.41 Å². The van der Waals surface area contributed by atoms with E-state index in [0.29, 0.717) is 0 Å². The van der Waals surface area contributed by atoms with Gasteiger partial charge in [-0.1, -0.05) is 44.5 Å². The molecule has 0 radical (unpaired) electrons. The Bertz CT molecular complexity index is 749. The van der Waals surface area contributed by atoms with Crippen LogP contribution >= 0.6 is 11.6 Å². The van der Waals surface area contributed by atoms with Crippen molar-refractivity contribution in [3.63, 3.8) is 0 Å². The van der Waals surface area contributed by atoms with Crippen molar-refractivity contribution in [3.05, 3.63) is 59.4 Å². The smallest absolute Gasteiger partial charge is 0.145 e. The highest BCUT2D eigenvalue weighted by Crippen LogP contribution is 2.27. The van der Waals surface area contributed by atoms with E-state index in [1.54, 1.807) is 6.20 Å². The lowest BCUT2D eigenvalue weighted by atomic mass is 9.87. The number of rotatable bonds is 1. The van der Waals surface area contributed by atoms with Gasteiger partial charge in [-0.25, -0.2) is 4.98 Å². The zero-order valence-electron chi connectivity index (χ0n) is 11.9. The van der Waals surface area contributed by atoms with Crippen molar-refractivity contribution in [2.45, 2.75) is 26.2 Å². The molecule has 102 valence electrons. The molecule has 20 heavy (non-hydrogen) atoms. The number of aromatic nitrogens is 2. The van der Waals surface area contributed by atoms with Crippen LogP contribution in [0.1, 0.15) is 26.3 Å². The van der Waals surface area contributed by atoms with Gasteiger partial charge in [0.15, 0.2) is 0 Å². The molecule has 2 nitrogen and oxygen atoms in total. The van der Waals surface area contributed by atoms with Gasteiger partial charge >= 0.3 is 0 Å². The van der Waals surface area contributed by atoms with Crippen LogP contribution in [-0.4, -0.2) is 9.55 Å². The van der Waals surface area contributed by atoms with Gasteiger partial charge in [-0.15, -0.1) is 0 Å². The first-order valence-electron chi connectivity index (χ1n) is 6.69. The Hall–Kier alpha value is -1.80. The molecule has 0 fully saturated rings. The normalized spacial score (nSPS) is 12.0. The maximum Gasteiger partial charge on any atom is 0.145 e. The molecule has 2 heterocycles. The van der Waals surface area contributed by atoms with E-state index < -0.39 is 0 Å². The Balaban J connectivity index is 2.10. The van der Waals surface area contributed by atoms with Crippen molar-refractivity contribution in [2.75, 3.05) is 0 Å². The van der Waals surface area contributed by atoms with E-state index in [2.05, 4.69) is 54.6 Å². The van der Waals surface area contributed by atoms with Crippen molar-refractivity contribution >= 4 is 22.6 Å². The van der Waals surface area contributed by atoms with Crippen LogP contribution in [0.4, 0.5) is 0 Å². The molecule has 0 saturated heterocycles. The SMILES string of the molecule is CC(C)(C)c1ccc(-n2ccc3c(Cl)ccnc32)cc1. The molecule has 2 aromatic heterocycles. The monoisotopic (exact) mass is 284 g/mol. The minimum absolute atomic E-state index is 0.166. The molecular formula is C17H17ClN2. The standard InChI is InChI=1S/C17H17ClN2/c1-17(2,3)12-4-6-13(7-5-12)20-11-9-14-15(18)8-10-19-16(14)20/h4-11H,1-3H3. The van der Waals surface area contributed by atoms with Crippen LogP contribution < -0.4 is 0 Å². The summed E-state index contributed by atoms with van der Waals surface area (Å²) in [4.78, 5) is 4.43. The number of nitrogens with zero attached hydrogens (tertiary/aromatic N) is 2. The number of hydrogen-bond donors (Lipinski definition) is 0. The Kier molecular flexibility index (Phi) is 3.06. The fourth-order valence-electron chi connectivity index (χ4n) is 2.34. The predicted molar refractivity (Wildman–Crippen MR) is 84.8 cm³/mol. The first-order chi connectivity index (χ1) is 9.47. The summed E-state index contributed by atoms with van der Waals surface area (Å²) in [6, 6.07) is 12.4. The van der Waals surface area contributed by atoms with E-state index in [1.165, 1.54) is 5.56 Å². The Labute approximate surface area is 124 Å². The van der Waals surface area contributed by atoms with E-state index in [9.17, 15) is 0 Å². The van der Waals surface area contributed by atoms with Crippen molar-refractivity contribution in [2.24, 2.45) is 0 Å². The van der Waals surface area contributed by atoms with Gasteiger partial charge < -0.3 is 4.57 Å². The summed E-state index contributed by atoms with van der Waals surface area (Å²) in [7, 11) is 0. The van der Waals surface area contributed by atoms with E-state index in [-0.39, 0.29) is 5.41 Å². The summed E-state index contributed by atoms with van der Waals surface area (Å²) in [6.07, 6.45) is 3.75. The molecular weight excluding hydrogens is 268 g/mol. The lowest BCUT2D eigenvalue weighted by Gasteiger charge is -2.19. The molecule has 0 N–H and O–H groups in total. The third-order valence-corrected chi connectivity index (χ3v) is 3.88. The van der Waals surface area contributed by atoms with Crippen LogP contribution in [0.15, 0.2) is 48.8 Å². The maximum absolute atomic E-state index is 6.19. The van der Waals surface area contributed by atoms with E-state index in [1.807, 2.05) is 18.3 Å². The Morgan fingerprint density at radius 1 is 1.00 bits per heavy atom. The van der Waals surface area contributed by atoms with E-state index in [0.717, 1.165) is 21.7 Å². The second-order valence-corrected chi connectivity index (χ2v) is 6.42. The van der Waals surface area contributed by atoms with Crippen LogP contribution in [0.2, 0.25) is 5.02 Å². The summed E-state index contributed by atoms with van der Waals surface area (Å²) < 4.78 is 2.06. The summed E-state index contributed by atoms with van der Waals surface area (Å²) in [6.45, 7) is 6.65. The lowest BCUT2D eigenvalue weighted by molar-refractivity contribution is 0.590. The molecule has 3 aromatic rings. The molecule has 3 rings (SSSR count). The first-order valence-corrected chi connectivity index (χ1v) is 7.07. The van der Waals surface area contributed by atoms with Gasteiger partial charge in [-0.3, -0.25) is 0 Å². The van der Waals surface area contributed by atoms with Gasteiger partial charge in [0.25, 0.3) is 0 Å². The van der Waals surface area contributed by atoms with Crippen molar-refractivity contribution in [3.8, 4) is 5.69 Å². The van der Waals surface area contributed by atoms with E-state index in [4.69, 9.17) is 11.6 Å². The molecule has 0 aliphatic heterocycles. The number of pyridine rings is 1. The zero-order chi connectivity index (χ0) is 14.3. The number of halogens is 1. The number of benzene rings is 1. The molecule has 0 saturated carbocycles. The lowest BCUT2D eigenvalue weighted by Crippen LogP contribution is -2.10. The minimum atomic E-state index is 0.166. The largest absolute Gasteiger partial charge is 0.301 e. The van der Waals surface area contributed by atoms with Gasteiger partial charge in [0, 0.05) is 23.5 Å². The molecule has 0 amide bonds. The molecule has 0 aliphatic rings. The molecule has 0 atom stereocenters. The van der Waals surface area contributed by atoms with Crippen molar-refractivity contribution in [1.82, 2.24) is 9.55 Å². The van der Waals surface area contributed by atoms with Gasteiger partial charge in [-0.05, 0) is 35.2 Å². The average molecular weight is 285 g/mol. The zero-order valence-corrected chi connectivity index (χ0v) is 12.6. The van der Waals surface area contributed by atoms with Crippen LogP contribution in [0.5, 0.6) is 0 Å². The van der Waals surface area contributed by atoms with Crippen molar-refractivity contribution < 1.29 is 0 Å². The second kappa shape index (κ2) is 4.64. The summed E-state index contributed by atoms with van der Waals surface area (Å²) in [5.74, 6) is 0. The highest BCUT2D eigenvalue weighted by atomic mass is 35.5. The van der Waals surface area contributed by atoms with Crippen molar-refractivity contribution in [1.29, 1.82) is 0 Å². The molecule has 1 aromatic carbocycles. The van der Waals surface area contributed by atoms with Gasteiger partial charge in [0.2, 0.25) is 0 Å². The van der Waals surface area contributed by atoms with Crippen LogP contribution in [0, 0.1) is 0 Å². The van der Waals surface area contributed by atoms with Gasteiger partial charge in [0.05, 0.1) is 5.02 Å². The summed E-state index contributed by atoms with van der Waals surface area (Å²) in [5, 5.41) is 1.72. The minimum Gasteiger partial charge on any atom is -0.301 e. The highest BCUT2D eigenvalue weighted by molar-refractivity contribution is 6.35. The maximum atomic E-state index is 6.19. The number of fused-ring (bicyclic) bond motifs is 1. The fourth-order valence-corrected chi connectivity index (χ4v) is 2.54. The first kappa shape index (κ1) is 13.2. The third-order valence-electron chi connectivity index (χ3n) is 3.55. The molecule has 3 heteroatoms. The van der Waals surface area contributed by atoms with Crippen LogP contribution in [0.25, 0.3) is 16.7 Å². The molecule has 0 unspecified atom stereocenters. The fraction of sp³-hybridized carbons (Fsp3) is 0.235. The molecule has 0 aliphatic carbocycles. The van der Waals surface area contributed by atoms with Gasteiger partial charge in [-0.2, -0.15) is 0 Å². The van der Waals surface area contributed by atoms with Gasteiger partial charge in [0.1, 0.15) is 5.65 Å². The second-order valence-electron chi connectivity index (χ2n) is 6.01. The summed E-state index contributed by atoms with van der Waals surface area (Å²) >= 11 is 6.19. The highest BCUT2D eigenvalue weighted by Gasteiger charge is 2.13. The molecule has 0 spiro atoms.